The number of epoxide rings is 1. The molecule has 0 aromatic heterocycles. The van der Waals surface area contributed by atoms with Crippen LogP contribution in [0.3, 0.4) is 0 Å². The normalized spacial score (nSPS) is 25.1. The molecule has 1 fully saturated rings. The van der Waals surface area contributed by atoms with Gasteiger partial charge in [0.15, 0.2) is 0 Å². The minimum absolute atomic E-state index is 0.0304. The van der Waals surface area contributed by atoms with Gasteiger partial charge in [0.25, 0.3) is 0 Å². The molecule has 0 spiro atoms. The van der Waals surface area contributed by atoms with Gasteiger partial charge in [-0.05, 0) is 39.2 Å². The standard InChI is InChI=1S/C17H24O2/c1-14(2)8-7-11-17(3)16(19-17)13-18-12-15-9-5-4-6-10-15/h4-6,8-10,16H,7,11-13H2,1-3H3/t16-,17-/m0/s1. The second-order valence-electron chi connectivity index (χ2n) is 5.74. The van der Waals surface area contributed by atoms with Gasteiger partial charge in [0.2, 0.25) is 0 Å². The summed E-state index contributed by atoms with van der Waals surface area (Å²) >= 11 is 0. The van der Waals surface area contributed by atoms with Crippen LogP contribution in [0.25, 0.3) is 0 Å². The van der Waals surface area contributed by atoms with E-state index in [-0.39, 0.29) is 11.7 Å². The first kappa shape index (κ1) is 14.3. The summed E-state index contributed by atoms with van der Waals surface area (Å²) in [6.45, 7) is 7.82. The van der Waals surface area contributed by atoms with Crippen LogP contribution in [0, 0.1) is 0 Å². The first-order chi connectivity index (χ1) is 9.10. The number of benzene rings is 1. The second kappa shape index (κ2) is 6.36. The molecular weight excluding hydrogens is 236 g/mol. The Bertz CT molecular complexity index is 420. The Kier molecular flexibility index (Phi) is 4.78. The highest BCUT2D eigenvalue weighted by atomic mass is 16.6. The Hall–Kier alpha value is -1.12. The summed E-state index contributed by atoms with van der Waals surface area (Å²) < 4.78 is 11.5. The van der Waals surface area contributed by atoms with Crippen LogP contribution in [-0.4, -0.2) is 18.3 Å². The highest BCUT2D eigenvalue weighted by Gasteiger charge is 2.51. The van der Waals surface area contributed by atoms with Gasteiger partial charge in [0.1, 0.15) is 6.10 Å². The monoisotopic (exact) mass is 260 g/mol. The fourth-order valence-electron chi connectivity index (χ4n) is 2.23. The van der Waals surface area contributed by atoms with Gasteiger partial charge in [-0.25, -0.2) is 0 Å². The van der Waals surface area contributed by atoms with Crippen LogP contribution >= 0.6 is 0 Å². The predicted molar refractivity (Wildman–Crippen MR) is 78.0 cm³/mol. The lowest BCUT2D eigenvalue weighted by Crippen LogP contribution is -2.14. The first-order valence-electron chi connectivity index (χ1n) is 7.03. The van der Waals surface area contributed by atoms with Crippen LogP contribution in [0.5, 0.6) is 0 Å². The minimum atomic E-state index is 0.0304. The fourth-order valence-corrected chi connectivity index (χ4v) is 2.23. The fraction of sp³-hybridized carbons (Fsp3) is 0.529. The molecule has 0 saturated carbocycles. The van der Waals surface area contributed by atoms with Crippen molar-refractivity contribution in [2.45, 2.75) is 51.9 Å². The molecule has 0 N–H and O–H groups in total. The van der Waals surface area contributed by atoms with E-state index in [9.17, 15) is 0 Å². The summed E-state index contributed by atoms with van der Waals surface area (Å²) in [7, 11) is 0. The number of allylic oxidation sites excluding steroid dienone is 2. The van der Waals surface area contributed by atoms with Crippen LogP contribution < -0.4 is 0 Å². The molecule has 1 aromatic carbocycles. The average Bonchev–Trinajstić information content (AvgIpc) is 3.01. The molecule has 0 radical (unpaired) electrons. The van der Waals surface area contributed by atoms with Crippen molar-refractivity contribution >= 4 is 0 Å². The number of hydrogen-bond donors (Lipinski definition) is 0. The summed E-state index contributed by atoms with van der Waals surface area (Å²) in [4.78, 5) is 0. The Morgan fingerprint density at radius 3 is 2.74 bits per heavy atom. The number of ether oxygens (including phenoxy) is 2. The third-order valence-corrected chi connectivity index (χ3v) is 3.61. The predicted octanol–water partition coefficient (Wildman–Crippen LogP) is 4.11. The molecule has 1 saturated heterocycles. The molecule has 2 rings (SSSR count). The van der Waals surface area contributed by atoms with Crippen molar-refractivity contribution in [2.75, 3.05) is 6.61 Å². The van der Waals surface area contributed by atoms with Crippen molar-refractivity contribution < 1.29 is 9.47 Å². The van der Waals surface area contributed by atoms with E-state index in [4.69, 9.17) is 9.47 Å². The van der Waals surface area contributed by atoms with Crippen molar-refractivity contribution in [1.82, 2.24) is 0 Å². The molecule has 0 bridgehead atoms. The minimum Gasteiger partial charge on any atom is -0.374 e. The summed E-state index contributed by atoms with van der Waals surface area (Å²) in [5.41, 5.74) is 2.62. The van der Waals surface area contributed by atoms with E-state index in [2.05, 4.69) is 39.0 Å². The van der Waals surface area contributed by atoms with E-state index in [1.54, 1.807) is 0 Å². The molecule has 2 atom stereocenters. The van der Waals surface area contributed by atoms with Gasteiger partial charge in [-0.15, -0.1) is 0 Å². The zero-order chi connectivity index (χ0) is 13.7. The molecule has 2 heteroatoms. The molecule has 19 heavy (non-hydrogen) atoms. The Morgan fingerprint density at radius 1 is 1.32 bits per heavy atom. The van der Waals surface area contributed by atoms with E-state index in [1.165, 1.54) is 11.1 Å². The van der Waals surface area contributed by atoms with Gasteiger partial charge in [0.05, 0.1) is 18.8 Å². The maximum atomic E-state index is 5.77. The molecule has 2 nitrogen and oxygen atoms in total. The Balaban J connectivity index is 1.65. The van der Waals surface area contributed by atoms with Crippen molar-refractivity contribution in [3.8, 4) is 0 Å². The average molecular weight is 260 g/mol. The lowest BCUT2D eigenvalue weighted by Gasteiger charge is -2.05. The van der Waals surface area contributed by atoms with Crippen molar-refractivity contribution in [3.63, 3.8) is 0 Å². The third-order valence-electron chi connectivity index (χ3n) is 3.61. The maximum absolute atomic E-state index is 5.77. The van der Waals surface area contributed by atoms with E-state index < -0.39 is 0 Å². The maximum Gasteiger partial charge on any atom is 0.110 e. The molecular formula is C17H24O2. The molecule has 0 aliphatic carbocycles. The van der Waals surface area contributed by atoms with Gasteiger partial charge >= 0.3 is 0 Å². The number of hydrogen-bond acceptors (Lipinski definition) is 2. The largest absolute Gasteiger partial charge is 0.374 e. The lowest BCUT2D eigenvalue weighted by atomic mass is 10.0. The van der Waals surface area contributed by atoms with Crippen LogP contribution in [-0.2, 0) is 16.1 Å². The van der Waals surface area contributed by atoms with E-state index >= 15 is 0 Å². The zero-order valence-electron chi connectivity index (χ0n) is 12.2. The van der Waals surface area contributed by atoms with Crippen LogP contribution in [0.2, 0.25) is 0 Å². The second-order valence-corrected chi connectivity index (χ2v) is 5.74. The molecule has 104 valence electrons. The highest BCUT2D eigenvalue weighted by Crippen LogP contribution is 2.40. The van der Waals surface area contributed by atoms with E-state index in [0.717, 1.165) is 12.8 Å². The van der Waals surface area contributed by atoms with Crippen LogP contribution in [0.1, 0.15) is 39.2 Å². The van der Waals surface area contributed by atoms with Crippen molar-refractivity contribution in [3.05, 3.63) is 47.5 Å². The van der Waals surface area contributed by atoms with E-state index in [1.807, 2.05) is 18.2 Å². The summed E-state index contributed by atoms with van der Waals surface area (Å²) in [6.07, 6.45) is 4.71. The Morgan fingerprint density at radius 2 is 2.05 bits per heavy atom. The molecule has 0 amide bonds. The van der Waals surface area contributed by atoms with Gasteiger partial charge in [-0.2, -0.15) is 0 Å². The van der Waals surface area contributed by atoms with Crippen molar-refractivity contribution in [2.24, 2.45) is 0 Å². The summed E-state index contributed by atoms with van der Waals surface area (Å²) in [5, 5.41) is 0. The van der Waals surface area contributed by atoms with Gasteiger partial charge in [-0.1, -0.05) is 42.0 Å². The zero-order valence-corrected chi connectivity index (χ0v) is 12.2. The summed E-state index contributed by atoms with van der Waals surface area (Å²) in [5.74, 6) is 0. The number of rotatable bonds is 7. The van der Waals surface area contributed by atoms with Gasteiger partial charge in [-0.3, -0.25) is 0 Å². The first-order valence-corrected chi connectivity index (χ1v) is 7.03. The van der Waals surface area contributed by atoms with E-state index in [0.29, 0.717) is 13.2 Å². The quantitative estimate of drug-likeness (QED) is 0.543. The molecule has 1 aliphatic heterocycles. The summed E-state index contributed by atoms with van der Waals surface area (Å²) in [6, 6.07) is 10.3. The van der Waals surface area contributed by atoms with Gasteiger partial charge < -0.3 is 9.47 Å². The van der Waals surface area contributed by atoms with Crippen LogP contribution in [0.4, 0.5) is 0 Å². The van der Waals surface area contributed by atoms with Gasteiger partial charge in [0, 0.05) is 0 Å². The smallest absolute Gasteiger partial charge is 0.110 e. The van der Waals surface area contributed by atoms with Crippen LogP contribution in [0.15, 0.2) is 42.0 Å². The SMILES string of the molecule is CC(C)=CCC[C@]1(C)O[C@H]1COCc1ccccc1. The molecule has 1 aromatic rings. The lowest BCUT2D eigenvalue weighted by molar-refractivity contribution is 0.104. The third kappa shape index (κ3) is 4.48. The molecule has 1 heterocycles. The highest BCUT2D eigenvalue weighted by molar-refractivity contribution is 5.13. The molecule has 0 unspecified atom stereocenters. The Labute approximate surface area is 116 Å². The van der Waals surface area contributed by atoms with Crippen molar-refractivity contribution in [1.29, 1.82) is 0 Å². The molecule has 1 aliphatic rings. The topological polar surface area (TPSA) is 21.8 Å².